The number of aryl methyl sites for hydroxylation is 1. The second-order valence-electron chi connectivity index (χ2n) is 6.88. The highest BCUT2D eigenvalue weighted by Crippen LogP contribution is 2.22. The van der Waals surface area contributed by atoms with Crippen LogP contribution in [0.25, 0.3) is 0 Å². The lowest BCUT2D eigenvalue weighted by atomic mass is 10.2. The van der Waals surface area contributed by atoms with Crippen LogP contribution in [0.4, 0.5) is 11.4 Å². The van der Waals surface area contributed by atoms with Crippen molar-refractivity contribution in [2.24, 2.45) is 5.10 Å². The summed E-state index contributed by atoms with van der Waals surface area (Å²) in [4.78, 5) is 22.6. The number of carbonyl (C=O) groups excluding carboxylic acids is 1. The van der Waals surface area contributed by atoms with Crippen LogP contribution in [0.2, 0.25) is 0 Å². The van der Waals surface area contributed by atoms with E-state index in [2.05, 4.69) is 10.5 Å². The van der Waals surface area contributed by atoms with Crippen LogP contribution in [-0.4, -0.2) is 32.5 Å². The third-order valence-corrected chi connectivity index (χ3v) is 6.46. The molecule has 0 bridgehead atoms. The van der Waals surface area contributed by atoms with E-state index in [4.69, 9.17) is 0 Å². The number of sulfonamides is 1. The molecule has 1 amide bonds. The van der Waals surface area contributed by atoms with Crippen LogP contribution in [-0.2, 0) is 10.0 Å². The number of nitrogens with one attached hydrogen (secondary N) is 1. The third-order valence-electron chi connectivity index (χ3n) is 4.66. The maximum absolute atomic E-state index is 12.8. The number of rotatable bonds is 7. The molecule has 0 fully saturated rings. The smallest absolute Gasteiger partial charge is 0.269 e. The Labute approximate surface area is 185 Å². The minimum Gasteiger partial charge on any atom is -0.269 e. The zero-order valence-electron chi connectivity index (χ0n) is 17.3. The molecule has 0 saturated carbocycles. The fourth-order valence-electron chi connectivity index (χ4n) is 2.74. The lowest BCUT2D eigenvalue weighted by Gasteiger charge is -2.19. The molecule has 3 rings (SSSR count). The van der Waals surface area contributed by atoms with E-state index in [-0.39, 0.29) is 16.1 Å². The van der Waals surface area contributed by atoms with E-state index in [0.29, 0.717) is 11.3 Å². The van der Waals surface area contributed by atoms with Crippen molar-refractivity contribution in [1.82, 2.24) is 5.43 Å². The van der Waals surface area contributed by atoms with Gasteiger partial charge >= 0.3 is 0 Å². The molecule has 0 aliphatic rings. The molecule has 0 aliphatic heterocycles. The highest BCUT2D eigenvalue weighted by atomic mass is 32.2. The van der Waals surface area contributed by atoms with Crippen LogP contribution in [0.15, 0.2) is 82.8 Å². The number of nitro groups is 1. The van der Waals surface area contributed by atoms with Gasteiger partial charge in [0.2, 0.25) is 0 Å². The van der Waals surface area contributed by atoms with Crippen LogP contribution in [0.5, 0.6) is 0 Å². The molecule has 0 atom stereocenters. The largest absolute Gasteiger partial charge is 0.271 e. The quantitative estimate of drug-likeness (QED) is 0.334. The Kier molecular flexibility index (Phi) is 6.64. The van der Waals surface area contributed by atoms with Crippen molar-refractivity contribution in [3.63, 3.8) is 0 Å². The van der Waals surface area contributed by atoms with Gasteiger partial charge in [-0.3, -0.25) is 19.2 Å². The molecule has 0 aromatic heterocycles. The first-order valence-corrected chi connectivity index (χ1v) is 10.9. The number of hydrazone groups is 1. The summed E-state index contributed by atoms with van der Waals surface area (Å²) in [5.74, 6) is -0.487. The van der Waals surface area contributed by atoms with Crippen molar-refractivity contribution in [1.29, 1.82) is 0 Å². The van der Waals surface area contributed by atoms with Gasteiger partial charge in [-0.25, -0.2) is 13.8 Å². The van der Waals surface area contributed by atoms with Crippen LogP contribution < -0.4 is 9.73 Å². The topological polar surface area (TPSA) is 122 Å². The normalized spacial score (nSPS) is 11.3. The molecule has 32 heavy (non-hydrogen) atoms. The van der Waals surface area contributed by atoms with E-state index < -0.39 is 20.9 Å². The number of anilines is 1. The number of nitro benzene ring substituents is 1. The number of amides is 1. The number of hydrogen-bond acceptors (Lipinski definition) is 6. The summed E-state index contributed by atoms with van der Waals surface area (Å²) in [6.07, 6.45) is 1.36. The zero-order chi connectivity index (χ0) is 23.3. The average molecular weight is 452 g/mol. The number of benzene rings is 3. The highest BCUT2D eigenvalue weighted by molar-refractivity contribution is 7.92. The van der Waals surface area contributed by atoms with Crippen molar-refractivity contribution in [3.05, 3.63) is 99.6 Å². The van der Waals surface area contributed by atoms with Gasteiger partial charge in [0.15, 0.2) is 0 Å². The summed E-state index contributed by atoms with van der Waals surface area (Å²) in [5, 5.41) is 14.5. The fraction of sp³-hybridized carbons (Fsp3) is 0.0909. The summed E-state index contributed by atoms with van der Waals surface area (Å²) in [5.41, 5.74) is 4.54. The Bertz CT molecular complexity index is 1250. The van der Waals surface area contributed by atoms with E-state index >= 15 is 0 Å². The standard InChI is InChI=1S/C22H20N4O5S/c1-16-3-13-21(14-4-16)32(30,31)25(2)19-11-7-18(8-12-19)22(27)24-23-15-17-5-9-20(10-6-17)26(28)29/h3-15H,1-2H3,(H,24,27)/b23-15-. The summed E-state index contributed by atoms with van der Waals surface area (Å²) < 4.78 is 26.7. The van der Waals surface area contributed by atoms with Gasteiger partial charge in [-0.2, -0.15) is 5.10 Å². The minimum atomic E-state index is -3.73. The third kappa shape index (κ3) is 5.16. The number of hydrogen-bond donors (Lipinski definition) is 1. The lowest BCUT2D eigenvalue weighted by Crippen LogP contribution is -2.26. The van der Waals surface area contributed by atoms with Crippen molar-refractivity contribution in [2.75, 3.05) is 11.4 Å². The first-order valence-electron chi connectivity index (χ1n) is 9.42. The van der Waals surface area contributed by atoms with Crippen LogP contribution in [0, 0.1) is 17.0 Å². The first kappa shape index (κ1) is 22.6. The molecular weight excluding hydrogens is 432 g/mol. The SMILES string of the molecule is Cc1ccc(S(=O)(=O)N(C)c2ccc(C(=O)N/N=C\c3ccc([N+](=O)[O-])cc3)cc2)cc1. The lowest BCUT2D eigenvalue weighted by molar-refractivity contribution is -0.384. The summed E-state index contributed by atoms with van der Waals surface area (Å²) in [6.45, 7) is 1.87. The molecule has 0 radical (unpaired) electrons. The van der Waals surface area contributed by atoms with E-state index in [1.165, 1.54) is 61.8 Å². The molecule has 3 aromatic rings. The van der Waals surface area contributed by atoms with Crippen molar-refractivity contribution in [3.8, 4) is 0 Å². The van der Waals surface area contributed by atoms with Crippen molar-refractivity contribution >= 4 is 33.5 Å². The predicted octanol–water partition coefficient (Wildman–Crippen LogP) is 3.49. The number of non-ortho nitro benzene ring substituents is 1. The maximum atomic E-state index is 12.8. The van der Waals surface area contributed by atoms with Gasteiger partial charge in [-0.15, -0.1) is 0 Å². The van der Waals surface area contributed by atoms with E-state index in [1.54, 1.807) is 24.3 Å². The molecule has 0 unspecified atom stereocenters. The second kappa shape index (κ2) is 9.40. The molecule has 0 spiro atoms. The van der Waals surface area contributed by atoms with Crippen LogP contribution in [0.1, 0.15) is 21.5 Å². The number of carbonyl (C=O) groups is 1. The van der Waals surface area contributed by atoms with Crippen LogP contribution >= 0.6 is 0 Å². The zero-order valence-corrected chi connectivity index (χ0v) is 18.1. The summed E-state index contributed by atoms with van der Waals surface area (Å²) in [6, 6.07) is 18.3. The monoisotopic (exact) mass is 452 g/mol. The van der Waals surface area contributed by atoms with E-state index in [0.717, 1.165) is 9.87 Å². The van der Waals surface area contributed by atoms with Gasteiger partial charge in [0.05, 0.1) is 21.7 Å². The Hall–Kier alpha value is -4.05. The molecule has 0 saturated heterocycles. The van der Waals surface area contributed by atoms with Crippen molar-refractivity contribution < 1.29 is 18.1 Å². The van der Waals surface area contributed by atoms with Gasteiger partial charge < -0.3 is 0 Å². The molecule has 0 aliphatic carbocycles. The van der Waals surface area contributed by atoms with Gasteiger partial charge in [0.25, 0.3) is 21.6 Å². The van der Waals surface area contributed by atoms with Gasteiger partial charge in [0, 0.05) is 24.7 Å². The van der Waals surface area contributed by atoms with E-state index in [1.807, 2.05) is 6.92 Å². The molecule has 9 nitrogen and oxygen atoms in total. The average Bonchev–Trinajstić information content (AvgIpc) is 2.79. The molecular formula is C22H20N4O5S. The summed E-state index contributed by atoms with van der Waals surface area (Å²) in [7, 11) is -2.28. The summed E-state index contributed by atoms with van der Waals surface area (Å²) >= 11 is 0. The van der Waals surface area contributed by atoms with Crippen molar-refractivity contribution in [2.45, 2.75) is 11.8 Å². The van der Waals surface area contributed by atoms with Gasteiger partial charge in [-0.1, -0.05) is 17.7 Å². The first-order chi connectivity index (χ1) is 15.2. The molecule has 164 valence electrons. The Morgan fingerprint density at radius 3 is 2.16 bits per heavy atom. The minimum absolute atomic E-state index is 0.0411. The Morgan fingerprint density at radius 1 is 1.00 bits per heavy atom. The maximum Gasteiger partial charge on any atom is 0.271 e. The van der Waals surface area contributed by atoms with Crippen LogP contribution in [0.3, 0.4) is 0 Å². The molecule has 3 aromatic carbocycles. The Balaban J connectivity index is 1.66. The van der Waals surface area contributed by atoms with E-state index in [9.17, 15) is 23.3 Å². The molecule has 1 N–H and O–H groups in total. The van der Waals surface area contributed by atoms with Gasteiger partial charge in [-0.05, 0) is 61.0 Å². The highest BCUT2D eigenvalue weighted by Gasteiger charge is 2.21. The van der Waals surface area contributed by atoms with Gasteiger partial charge in [0.1, 0.15) is 0 Å². The molecule has 0 heterocycles. The fourth-order valence-corrected chi connectivity index (χ4v) is 3.94. The predicted molar refractivity (Wildman–Crippen MR) is 121 cm³/mol. The number of nitrogens with zero attached hydrogens (tertiary/aromatic N) is 3. The molecule has 10 heteroatoms. The second-order valence-corrected chi connectivity index (χ2v) is 8.85. The Morgan fingerprint density at radius 2 is 1.59 bits per heavy atom.